The van der Waals surface area contributed by atoms with Crippen molar-refractivity contribution in [3.05, 3.63) is 66.1 Å². The van der Waals surface area contributed by atoms with Gasteiger partial charge in [-0.2, -0.15) is 0 Å². The maximum Gasteiger partial charge on any atom is 0.312 e. The van der Waals surface area contributed by atoms with E-state index in [1.54, 1.807) is 19.2 Å². The number of aliphatic carboxylic acids is 1. The molecule has 1 aromatic carbocycles. The highest BCUT2D eigenvalue weighted by molar-refractivity contribution is 6.29. The van der Waals surface area contributed by atoms with E-state index in [0.717, 1.165) is 22.3 Å². The third-order valence-electron chi connectivity index (χ3n) is 4.24. The predicted octanol–water partition coefficient (Wildman–Crippen LogP) is 4.67. The molecular formula is C20H20ClN3O2. The van der Waals surface area contributed by atoms with E-state index in [1.807, 2.05) is 55.7 Å². The number of benzene rings is 1. The van der Waals surface area contributed by atoms with E-state index < -0.39 is 11.9 Å². The maximum atomic E-state index is 11.5. The number of nitrogens with zero attached hydrogens (tertiary/aromatic N) is 2. The van der Waals surface area contributed by atoms with Gasteiger partial charge in [-0.25, -0.2) is 0 Å². The van der Waals surface area contributed by atoms with Crippen molar-refractivity contribution in [2.45, 2.75) is 19.9 Å². The highest BCUT2D eigenvalue weighted by atomic mass is 35.5. The minimum Gasteiger partial charge on any atom is -0.481 e. The minimum absolute atomic E-state index is 0.306. The van der Waals surface area contributed by atoms with Crippen LogP contribution >= 0.6 is 11.6 Å². The molecule has 2 unspecified atom stereocenters. The molecule has 0 aliphatic heterocycles. The van der Waals surface area contributed by atoms with Gasteiger partial charge in [0.25, 0.3) is 0 Å². The molecule has 2 heterocycles. The molecule has 26 heavy (non-hydrogen) atoms. The van der Waals surface area contributed by atoms with Crippen LogP contribution in [-0.2, 0) is 4.79 Å². The molecule has 0 fully saturated rings. The van der Waals surface area contributed by atoms with Gasteiger partial charge in [0.1, 0.15) is 0 Å². The van der Waals surface area contributed by atoms with Gasteiger partial charge in [0.05, 0.1) is 23.3 Å². The number of pyridine rings is 1. The molecule has 0 radical (unpaired) electrons. The maximum absolute atomic E-state index is 11.5. The van der Waals surface area contributed by atoms with Gasteiger partial charge in [-0.1, -0.05) is 17.7 Å². The molecule has 0 bridgehead atoms. The van der Waals surface area contributed by atoms with Crippen LogP contribution in [-0.4, -0.2) is 26.7 Å². The first kappa shape index (κ1) is 18.0. The molecule has 2 N–H and O–H groups in total. The Bertz CT molecular complexity index is 946. The molecule has 3 aromatic rings. The fourth-order valence-electron chi connectivity index (χ4n) is 2.98. The molecule has 2 atom stereocenters. The second-order valence-corrected chi connectivity index (χ2v) is 6.82. The lowest BCUT2D eigenvalue weighted by Gasteiger charge is -2.20. The lowest BCUT2D eigenvalue weighted by atomic mass is 10.0. The van der Waals surface area contributed by atoms with Crippen molar-refractivity contribution < 1.29 is 9.90 Å². The Morgan fingerprint density at radius 3 is 2.81 bits per heavy atom. The molecule has 0 amide bonds. The molecule has 0 spiro atoms. The van der Waals surface area contributed by atoms with E-state index in [1.165, 1.54) is 0 Å². The minimum atomic E-state index is -0.909. The van der Waals surface area contributed by atoms with Crippen LogP contribution < -0.4 is 5.32 Å². The SMILES string of the molecule is C/C(Cl)=C\C(C(=O)O)C(C)Nc1ccc2c(ccn2-c2cccnc2)c1. The molecule has 134 valence electrons. The van der Waals surface area contributed by atoms with Gasteiger partial charge in [0, 0.05) is 34.5 Å². The van der Waals surface area contributed by atoms with Crippen LogP contribution in [0.4, 0.5) is 5.69 Å². The van der Waals surface area contributed by atoms with Crippen LogP contribution in [0.2, 0.25) is 0 Å². The van der Waals surface area contributed by atoms with E-state index >= 15 is 0 Å². The zero-order valence-corrected chi connectivity index (χ0v) is 15.3. The van der Waals surface area contributed by atoms with Crippen molar-refractivity contribution in [3.63, 3.8) is 0 Å². The van der Waals surface area contributed by atoms with E-state index in [0.29, 0.717) is 5.03 Å². The number of hydrogen-bond acceptors (Lipinski definition) is 3. The molecule has 0 saturated heterocycles. The lowest BCUT2D eigenvalue weighted by Crippen LogP contribution is -2.30. The van der Waals surface area contributed by atoms with Crippen LogP contribution in [0.5, 0.6) is 0 Å². The van der Waals surface area contributed by atoms with Crippen molar-refractivity contribution in [2.24, 2.45) is 5.92 Å². The summed E-state index contributed by atoms with van der Waals surface area (Å²) >= 11 is 5.86. The average molecular weight is 370 g/mol. The molecule has 0 aliphatic carbocycles. The molecule has 0 aliphatic rings. The smallest absolute Gasteiger partial charge is 0.312 e. The summed E-state index contributed by atoms with van der Waals surface area (Å²) in [5.41, 5.74) is 2.91. The summed E-state index contributed by atoms with van der Waals surface area (Å²) in [5, 5.41) is 14.2. The van der Waals surface area contributed by atoms with Gasteiger partial charge in [-0.05, 0) is 50.2 Å². The number of halogens is 1. The Balaban J connectivity index is 1.86. The monoisotopic (exact) mass is 369 g/mol. The van der Waals surface area contributed by atoms with Gasteiger partial charge in [-0.3, -0.25) is 9.78 Å². The van der Waals surface area contributed by atoms with Crippen molar-refractivity contribution in [1.82, 2.24) is 9.55 Å². The van der Waals surface area contributed by atoms with Crippen LogP contribution in [0.15, 0.2) is 66.1 Å². The number of carbonyl (C=O) groups is 1. The fourth-order valence-corrected chi connectivity index (χ4v) is 3.12. The number of hydrogen-bond donors (Lipinski definition) is 2. The van der Waals surface area contributed by atoms with Crippen molar-refractivity contribution >= 4 is 34.2 Å². The van der Waals surface area contributed by atoms with Crippen LogP contribution in [0.1, 0.15) is 13.8 Å². The quantitative estimate of drug-likeness (QED) is 0.662. The Morgan fingerprint density at radius 1 is 1.35 bits per heavy atom. The topological polar surface area (TPSA) is 67.2 Å². The average Bonchev–Trinajstić information content (AvgIpc) is 3.03. The van der Waals surface area contributed by atoms with E-state index in [-0.39, 0.29) is 6.04 Å². The molecule has 5 nitrogen and oxygen atoms in total. The van der Waals surface area contributed by atoms with E-state index in [2.05, 4.69) is 14.9 Å². The molecule has 2 aromatic heterocycles. The largest absolute Gasteiger partial charge is 0.481 e. The Hall–Kier alpha value is -2.79. The third kappa shape index (κ3) is 3.89. The molecule has 0 saturated carbocycles. The first-order valence-corrected chi connectivity index (χ1v) is 8.68. The summed E-state index contributed by atoms with van der Waals surface area (Å²) in [4.78, 5) is 15.6. The Morgan fingerprint density at radius 2 is 2.15 bits per heavy atom. The Labute approximate surface area is 156 Å². The van der Waals surface area contributed by atoms with E-state index in [9.17, 15) is 9.90 Å². The van der Waals surface area contributed by atoms with Crippen molar-refractivity contribution in [1.29, 1.82) is 0 Å². The third-order valence-corrected chi connectivity index (χ3v) is 4.37. The predicted molar refractivity (Wildman–Crippen MR) is 105 cm³/mol. The van der Waals surface area contributed by atoms with Gasteiger partial charge >= 0.3 is 5.97 Å². The molecule has 6 heteroatoms. The van der Waals surface area contributed by atoms with Gasteiger partial charge < -0.3 is 15.0 Å². The second kappa shape index (κ2) is 7.62. The second-order valence-electron chi connectivity index (χ2n) is 6.22. The number of aromatic nitrogens is 2. The van der Waals surface area contributed by atoms with Crippen molar-refractivity contribution in [2.75, 3.05) is 5.32 Å². The number of carboxylic acid groups (broad SMARTS) is 1. The summed E-state index contributed by atoms with van der Waals surface area (Å²) in [7, 11) is 0. The number of anilines is 1. The van der Waals surface area contributed by atoms with Crippen molar-refractivity contribution in [3.8, 4) is 5.69 Å². The first-order valence-electron chi connectivity index (χ1n) is 8.30. The zero-order valence-electron chi connectivity index (χ0n) is 14.6. The zero-order chi connectivity index (χ0) is 18.7. The normalized spacial score (nSPS) is 14.2. The molecule has 3 rings (SSSR count). The number of fused-ring (bicyclic) bond motifs is 1. The van der Waals surface area contributed by atoms with E-state index in [4.69, 9.17) is 11.6 Å². The highest BCUT2D eigenvalue weighted by Gasteiger charge is 2.22. The van der Waals surface area contributed by atoms with Gasteiger partial charge in [-0.15, -0.1) is 0 Å². The summed E-state index contributed by atoms with van der Waals surface area (Å²) in [6.07, 6.45) is 7.11. The summed E-state index contributed by atoms with van der Waals surface area (Å²) < 4.78 is 2.06. The van der Waals surface area contributed by atoms with Crippen LogP contribution in [0.3, 0.4) is 0 Å². The molecular weight excluding hydrogens is 350 g/mol. The lowest BCUT2D eigenvalue weighted by molar-refractivity contribution is -0.140. The Kier molecular flexibility index (Phi) is 5.28. The summed E-state index contributed by atoms with van der Waals surface area (Å²) in [6, 6.07) is 11.6. The van der Waals surface area contributed by atoms with Crippen LogP contribution in [0.25, 0.3) is 16.6 Å². The fraction of sp³-hybridized carbons (Fsp3) is 0.200. The number of carboxylic acids is 1. The highest BCUT2D eigenvalue weighted by Crippen LogP contribution is 2.25. The number of allylic oxidation sites excluding steroid dienone is 1. The number of rotatable bonds is 6. The van der Waals surface area contributed by atoms with Gasteiger partial charge in [0.2, 0.25) is 0 Å². The standard InChI is InChI=1S/C20H20ClN3O2/c1-13(21)10-18(20(25)26)14(2)23-16-5-6-19-15(11-16)7-9-24(19)17-4-3-8-22-12-17/h3-12,14,18,23H,1-2H3,(H,25,26)/b13-10+. The summed E-state index contributed by atoms with van der Waals surface area (Å²) in [5.74, 6) is -1.61. The summed E-state index contributed by atoms with van der Waals surface area (Å²) in [6.45, 7) is 3.51. The van der Waals surface area contributed by atoms with Crippen LogP contribution in [0, 0.1) is 5.92 Å². The number of nitrogens with one attached hydrogen (secondary N) is 1. The van der Waals surface area contributed by atoms with Gasteiger partial charge in [0.15, 0.2) is 0 Å². The first-order chi connectivity index (χ1) is 12.5.